The second kappa shape index (κ2) is 9.14. The molecule has 0 aromatic heterocycles. The molecule has 2 aromatic rings. The Bertz CT molecular complexity index is 762. The van der Waals surface area contributed by atoms with Gasteiger partial charge in [0.2, 0.25) is 0 Å². The average molecular weight is 335 g/mol. The third-order valence-electron chi connectivity index (χ3n) is 3.50. The Kier molecular flexibility index (Phi) is 6.61. The Hall–Kier alpha value is -3.26. The second-order valence-electron chi connectivity index (χ2n) is 5.19. The van der Waals surface area contributed by atoms with Crippen LogP contribution >= 0.6 is 0 Å². The molecule has 2 aromatic carbocycles. The minimum Gasteiger partial charge on any atom is -0.494 e. The van der Waals surface area contributed by atoms with Gasteiger partial charge in [0, 0.05) is 24.1 Å². The fourth-order valence-electron chi connectivity index (χ4n) is 2.26. The highest BCUT2D eigenvalue weighted by Crippen LogP contribution is 2.18. The van der Waals surface area contributed by atoms with Crippen LogP contribution in [0, 0.1) is 11.3 Å². The number of hydrogen-bond donors (Lipinski definition) is 1. The molecule has 0 saturated heterocycles. The number of nitriles is 1. The third-order valence-corrected chi connectivity index (χ3v) is 3.50. The number of carbonyl (C=O) groups excluding carboxylic acids is 1. The number of benzene rings is 2. The number of carbonyl (C=O) groups is 1. The lowest BCUT2D eigenvalue weighted by molar-refractivity contribution is -0.112. The molecule has 0 heterocycles. The fraction of sp³-hybridized carbons (Fsp3) is 0.200. The van der Waals surface area contributed by atoms with Crippen molar-refractivity contribution in [3.05, 3.63) is 66.4 Å². The number of hydrogen-bond acceptors (Lipinski definition) is 4. The highest BCUT2D eigenvalue weighted by molar-refractivity contribution is 6.06. The van der Waals surface area contributed by atoms with Crippen LogP contribution in [0.25, 0.3) is 0 Å². The number of para-hydroxylation sites is 1. The van der Waals surface area contributed by atoms with Crippen LogP contribution in [-0.4, -0.2) is 19.1 Å². The van der Waals surface area contributed by atoms with E-state index >= 15 is 0 Å². The van der Waals surface area contributed by atoms with Crippen LogP contribution in [0.4, 0.5) is 11.4 Å². The van der Waals surface area contributed by atoms with Gasteiger partial charge in [-0.3, -0.25) is 4.79 Å². The van der Waals surface area contributed by atoms with Gasteiger partial charge in [-0.05, 0) is 50.2 Å². The van der Waals surface area contributed by atoms with E-state index in [1.54, 1.807) is 30.5 Å². The Labute approximate surface area is 148 Å². The lowest BCUT2D eigenvalue weighted by Gasteiger charge is -2.18. The summed E-state index contributed by atoms with van der Waals surface area (Å²) in [4.78, 5) is 14.2. The van der Waals surface area contributed by atoms with Gasteiger partial charge in [0.15, 0.2) is 0 Å². The maximum atomic E-state index is 12.4. The summed E-state index contributed by atoms with van der Waals surface area (Å²) in [7, 11) is 0. The molecule has 25 heavy (non-hydrogen) atoms. The summed E-state index contributed by atoms with van der Waals surface area (Å²) in [5, 5.41) is 12.1. The van der Waals surface area contributed by atoms with Gasteiger partial charge in [-0.2, -0.15) is 5.26 Å². The Morgan fingerprint density at radius 3 is 2.40 bits per heavy atom. The predicted molar refractivity (Wildman–Crippen MR) is 99.4 cm³/mol. The van der Waals surface area contributed by atoms with Gasteiger partial charge in [0.1, 0.15) is 17.4 Å². The summed E-state index contributed by atoms with van der Waals surface area (Å²) >= 11 is 0. The second-order valence-corrected chi connectivity index (χ2v) is 5.19. The number of nitrogens with zero attached hydrogens (tertiary/aromatic N) is 2. The number of nitrogens with one attached hydrogen (secondary N) is 1. The standard InChI is InChI=1S/C20H21N3O2/c1-3-23(18-8-6-5-7-9-18)15-16(14-21)20(24)22-17-10-12-19(13-11-17)25-4-2/h5-13,15H,3-4H2,1-2H3,(H,22,24)/b16-15-. The molecule has 0 fully saturated rings. The van der Waals surface area contributed by atoms with E-state index in [1.807, 2.05) is 55.1 Å². The van der Waals surface area contributed by atoms with Gasteiger partial charge < -0.3 is 15.0 Å². The zero-order valence-electron chi connectivity index (χ0n) is 14.4. The van der Waals surface area contributed by atoms with Crippen molar-refractivity contribution in [2.45, 2.75) is 13.8 Å². The normalized spacial score (nSPS) is 10.7. The van der Waals surface area contributed by atoms with Gasteiger partial charge in [-0.1, -0.05) is 18.2 Å². The molecule has 0 spiro atoms. The smallest absolute Gasteiger partial charge is 0.267 e. The van der Waals surface area contributed by atoms with Crippen molar-refractivity contribution in [2.75, 3.05) is 23.4 Å². The van der Waals surface area contributed by atoms with Crippen molar-refractivity contribution in [1.82, 2.24) is 0 Å². The van der Waals surface area contributed by atoms with Crippen molar-refractivity contribution in [1.29, 1.82) is 5.26 Å². The number of anilines is 2. The number of rotatable bonds is 7. The van der Waals surface area contributed by atoms with Gasteiger partial charge >= 0.3 is 0 Å². The Morgan fingerprint density at radius 2 is 1.84 bits per heavy atom. The van der Waals surface area contributed by atoms with Gasteiger partial charge in [0.25, 0.3) is 5.91 Å². The summed E-state index contributed by atoms with van der Waals surface area (Å²) in [6.07, 6.45) is 1.57. The maximum Gasteiger partial charge on any atom is 0.267 e. The quantitative estimate of drug-likeness (QED) is 0.614. The van der Waals surface area contributed by atoms with E-state index in [2.05, 4.69) is 5.32 Å². The summed E-state index contributed by atoms with van der Waals surface area (Å²) in [5.41, 5.74) is 1.57. The van der Waals surface area contributed by atoms with Crippen molar-refractivity contribution < 1.29 is 9.53 Å². The molecule has 1 N–H and O–H groups in total. The summed E-state index contributed by atoms with van der Waals surface area (Å²) in [6.45, 7) is 5.10. The molecular weight excluding hydrogens is 314 g/mol. The van der Waals surface area contributed by atoms with Gasteiger partial charge in [-0.15, -0.1) is 0 Å². The van der Waals surface area contributed by atoms with Crippen molar-refractivity contribution in [3.8, 4) is 11.8 Å². The number of amides is 1. The van der Waals surface area contributed by atoms with E-state index in [0.29, 0.717) is 18.8 Å². The highest BCUT2D eigenvalue weighted by atomic mass is 16.5. The molecule has 0 atom stereocenters. The highest BCUT2D eigenvalue weighted by Gasteiger charge is 2.12. The largest absolute Gasteiger partial charge is 0.494 e. The Morgan fingerprint density at radius 1 is 1.16 bits per heavy atom. The SMILES string of the molecule is CCOc1ccc(NC(=O)/C(C#N)=C\N(CC)c2ccccc2)cc1. The first-order chi connectivity index (χ1) is 12.2. The van der Waals surface area contributed by atoms with Crippen LogP contribution in [0.3, 0.4) is 0 Å². The predicted octanol–water partition coefficient (Wildman–Crippen LogP) is 3.96. The van der Waals surface area contributed by atoms with Gasteiger partial charge in [0.05, 0.1) is 6.61 Å². The minimum atomic E-state index is -0.443. The molecule has 0 radical (unpaired) electrons. The van der Waals surface area contributed by atoms with E-state index in [1.165, 1.54) is 0 Å². The first-order valence-corrected chi connectivity index (χ1v) is 8.15. The van der Waals surface area contributed by atoms with Crippen LogP contribution in [0.15, 0.2) is 66.4 Å². The lowest BCUT2D eigenvalue weighted by atomic mass is 10.2. The van der Waals surface area contributed by atoms with Crippen molar-refractivity contribution in [3.63, 3.8) is 0 Å². The lowest BCUT2D eigenvalue weighted by Crippen LogP contribution is -2.20. The molecule has 0 aliphatic rings. The molecule has 0 bridgehead atoms. The minimum absolute atomic E-state index is 0.0413. The molecule has 0 aliphatic heterocycles. The van der Waals surface area contributed by atoms with Crippen LogP contribution < -0.4 is 15.0 Å². The first-order valence-electron chi connectivity index (χ1n) is 8.15. The molecule has 0 saturated carbocycles. The number of ether oxygens (including phenoxy) is 1. The molecule has 0 aliphatic carbocycles. The van der Waals surface area contributed by atoms with Crippen molar-refractivity contribution in [2.24, 2.45) is 0 Å². The zero-order valence-corrected chi connectivity index (χ0v) is 14.4. The van der Waals surface area contributed by atoms with E-state index in [9.17, 15) is 10.1 Å². The zero-order chi connectivity index (χ0) is 18.1. The van der Waals surface area contributed by atoms with E-state index in [-0.39, 0.29) is 5.57 Å². The van der Waals surface area contributed by atoms with E-state index in [0.717, 1.165) is 11.4 Å². The third kappa shape index (κ3) is 5.11. The maximum absolute atomic E-state index is 12.4. The molecular formula is C20H21N3O2. The van der Waals surface area contributed by atoms with E-state index in [4.69, 9.17) is 4.74 Å². The Balaban J connectivity index is 2.13. The van der Waals surface area contributed by atoms with Crippen molar-refractivity contribution >= 4 is 17.3 Å². The van der Waals surface area contributed by atoms with Gasteiger partial charge in [-0.25, -0.2) is 0 Å². The van der Waals surface area contributed by atoms with Crippen LogP contribution in [0.2, 0.25) is 0 Å². The summed E-state index contributed by atoms with van der Waals surface area (Å²) in [6, 6.07) is 18.6. The monoisotopic (exact) mass is 335 g/mol. The molecule has 5 heteroatoms. The molecule has 128 valence electrons. The van der Waals surface area contributed by atoms with Crippen LogP contribution in [-0.2, 0) is 4.79 Å². The summed E-state index contributed by atoms with van der Waals surface area (Å²) < 4.78 is 5.37. The first kappa shape index (κ1) is 18.1. The molecule has 1 amide bonds. The summed E-state index contributed by atoms with van der Waals surface area (Å²) in [5.74, 6) is 0.291. The molecule has 2 rings (SSSR count). The molecule has 5 nitrogen and oxygen atoms in total. The van der Waals surface area contributed by atoms with Crippen LogP contribution in [0.1, 0.15) is 13.8 Å². The fourth-order valence-corrected chi connectivity index (χ4v) is 2.26. The van der Waals surface area contributed by atoms with E-state index < -0.39 is 5.91 Å². The topological polar surface area (TPSA) is 65.4 Å². The van der Waals surface area contributed by atoms with Crippen LogP contribution in [0.5, 0.6) is 5.75 Å². The average Bonchev–Trinajstić information content (AvgIpc) is 2.65. The molecule has 0 unspecified atom stereocenters.